The van der Waals surface area contributed by atoms with Crippen molar-refractivity contribution in [1.82, 2.24) is 15.1 Å². The van der Waals surface area contributed by atoms with Gasteiger partial charge < -0.3 is 15.1 Å². The molecule has 0 aromatic carbocycles. The quantitative estimate of drug-likeness (QED) is 0.674. The molecule has 0 saturated carbocycles. The van der Waals surface area contributed by atoms with Gasteiger partial charge in [0.05, 0.1) is 0 Å². The fraction of sp³-hybridized carbons (Fsp3) is 0.889. The maximum Gasteiger partial charge on any atom is 0.319 e. The summed E-state index contributed by atoms with van der Waals surface area (Å²) in [5.74, 6) is 0. The number of carbonyl (C=O) groups is 1. The molecule has 0 aliphatic carbocycles. The molecule has 1 rings (SSSR count). The predicted octanol–water partition coefficient (Wildman–Crippen LogP) is 0.352. The zero-order valence-corrected chi connectivity index (χ0v) is 8.71. The summed E-state index contributed by atoms with van der Waals surface area (Å²) in [6.45, 7) is 1.81. The molecule has 0 aromatic heterocycles. The van der Waals surface area contributed by atoms with Crippen LogP contribution < -0.4 is 5.32 Å². The SMILES string of the molecule is CNCC1CCCN1C(=O)N(C)C. The van der Waals surface area contributed by atoms with Gasteiger partial charge in [-0.1, -0.05) is 0 Å². The molecule has 0 aromatic rings. The third kappa shape index (κ3) is 2.34. The molecule has 4 nitrogen and oxygen atoms in total. The maximum atomic E-state index is 11.7. The molecule has 4 heteroatoms. The molecule has 1 saturated heterocycles. The van der Waals surface area contributed by atoms with Gasteiger partial charge in [0.15, 0.2) is 0 Å². The number of urea groups is 1. The van der Waals surface area contributed by atoms with E-state index < -0.39 is 0 Å². The van der Waals surface area contributed by atoms with Gasteiger partial charge >= 0.3 is 6.03 Å². The Kier molecular flexibility index (Phi) is 3.54. The lowest BCUT2D eigenvalue weighted by molar-refractivity contribution is 0.165. The van der Waals surface area contributed by atoms with Gasteiger partial charge in [0, 0.05) is 33.2 Å². The number of likely N-dealkylation sites (tertiary alicyclic amines) is 1. The van der Waals surface area contributed by atoms with Gasteiger partial charge in [-0.2, -0.15) is 0 Å². The molecule has 0 spiro atoms. The number of carbonyl (C=O) groups excluding carboxylic acids is 1. The first-order chi connectivity index (χ1) is 6.16. The summed E-state index contributed by atoms with van der Waals surface area (Å²) in [5, 5.41) is 3.12. The monoisotopic (exact) mass is 185 g/mol. The number of amides is 2. The smallest absolute Gasteiger partial charge is 0.319 e. The molecule has 1 unspecified atom stereocenters. The van der Waals surface area contributed by atoms with E-state index in [0.717, 1.165) is 25.9 Å². The second kappa shape index (κ2) is 4.46. The third-order valence-electron chi connectivity index (χ3n) is 2.45. The molecule has 1 aliphatic heterocycles. The summed E-state index contributed by atoms with van der Waals surface area (Å²) in [6, 6.07) is 0.526. The van der Waals surface area contributed by atoms with E-state index in [0.29, 0.717) is 6.04 Å². The molecule has 2 amide bonds. The molecule has 1 fully saturated rings. The molecule has 1 atom stereocenters. The molecule has 1 N–H and O–H groups in total. The van der Waals surface area contributed by atoms with Crippen molar-refractivity contribution >= 4 is 6.03 Å². The largest absolute Gasteiger partial charge is 0.331 e. The number of rotatable bonds is 2. The van der Waals surface area contributed by atoms with E-state index in [2.05, 4.69) is 5.32 Å². The Bertz CT molecular complexity index is 182. The van der Waals surface area contributed by atoms with Crippen molar-refractivity contribution in [2.45, 2.75) is 18.9 Å². The standard InChI is InChI=1S/C9H19N3O/c1-10-7-8-5-4-6-12(8)9(13)11(2)3/h8,10H,4-7H2,1-3H3. The van der Waals surface area contributed by atoms with E-state index in [4.69, 9.17) is 0 Å². The van der Waals surface area contributed by atoms with Crippen LogP contribution in [0.4, 0.5) is 4.79 Å². The summed E-state index contributed by atoms with van der Waals surface area (Å²) >= 11 is 0. The van der Waals surface area contributed by atoms with Crippen LogP contribution in [-0.4, -0.2) is 56.1 Å². The molecule has 1 heterocycles. The van der Waals surface area contributed by atoms with Gasteiger partial charge in [0.1, 0.15) is 0 Å². The Morgan fingerprint density at radius 3 is 2.85 bits per heavy atom. The lowest BCUT2D eigenvalue weighted by Gasteiger charge is -2.27. The minimum atomic E-state index is 0.137. The van der Waals surface area contributed by atoms with Crippen LogP contribution in [0.25, 0.3) is 0 Å². The molecule has 0 bridgehead atoms. The molecule has 13 heavy (non-hydrogen) atoms. The van der Waals surface area contributed by atoms with E-state index in [9.17, 15) is 4.79 Å². The van der Waals surface area contributed by atoms with Gasteiger partial charge in [-0.15, -0.1) is 0 Å². The molecule has 0 radical (unpaired) electrons. The van der Waals surface area contributed by atoms with Crippen LogP contribution in [0.5, 0.6) is 0 Å². The summed E-state index contributed by atoms with van der Waals surface area (Å²) in [5.41, 5.74) is 0. The van der Waals surface area contributed by atoms with Crippen molar-refractivity contribution in [3.05, 3.63) is 0 Å². The minimum absolute atomic E-state index is 0.137. The van der Waals surface area contributed by atoms with Crippen molar-refractivity contribution in [2.75, 3.05) is 34.2 Å². The van der Waals surface area contributed by atoms with Crippen LogP contribution in [0, 0.1) is 0 Å². The van der Waals surface area contributed by atoms with Gasteiger partial charge in [0.2, 0.25) is 0 Å². The second-order valence-electron chi connectivity index (χ2n) is 3.72. The second-order valence-corrected chi connectivity index (χ2v) is 3.72. The first-order valence-electron chi connectivity index (χ1n) is 4.79. The van der Waals surface area contributed by atoms with Crippen LogP contribution in [0.2, 0.25) is 0 Å². The van der Waals surface area contributed by atoms with Crippen molar-refractivity contribution in [3.63, 3.8) is 0 Å². The van der Waals surface area contributed by atoms with Crippen LogP contribution in [0.3, 0.4) is 0 Å². The summed E-state index contributed by atoms with van der Waals surface area (Å²) in [7, 11) is 5.53. The zero-order chi connectivity index (χ0) is 9.84. The summed E-state index contributed by atoms with van der Waals surface area (Å²) < 4.78 is 0. The lowest BCUT2D eigenvalue weighted by Crippen LogP contribution is -2.45. The Hall–Kier alpha value is -0.770. The van der Waals surface area contributed by atoms with Crippen LogP contribution in [0.1, 0.15) is 12.8 Å². The fourth-order valence-corrected chi connectivity index (χ4v) is 1.79. The van der Waals surface area contributed by atoms with Gasteiger partial charge in [-0.05, 0) is 19.9 Å². The zero-order valence-electron chi connectivity index (χ0n) is 8.71. The summed E-state index contributed by atoms with van der Waals surface area (Å²) in [6.07, 6.45) is 2.26. The summed E-state index contributed by atoms with van der Waals surface area (Å²) in [4.78, 5) is 15.3. The molecular weight excluding hydrogens is 166 g/mol. The number of nitrogens with one attached hydrogen (secondary N) is 1. The third-order valence-corrected chi connectivity index (χ3v) is 2.45. The van der Waals surface area contributed by atoms with Crippen molar-refractivity contribution in [2.24, 2.45) is 0 Å². The first kappa shape index (κ1) is 10.3. The fourth-order valence-electron chi connectivity index (χ4n) is 1.79. The van der Waals surface area contributed by atoms with E-state index in [1.54, 1.807) is 19.0 Å². The van der Waals surface area contributed by atoms with Crippen LogP contribution in [0.15, 0.2) is 0 Å². The van der Waals surface area contributed by atoms with E-state index in [-0.39, 0.29) is 6.03 Å². The normalized spacial score (nSPS) is 22.1. The highest BCUT2D eigenvalue weighted by Gasteiger charge is 2.28. The Morgan fingerprint density at radius 1 is 1.62 bits per heavy atom. The predicted molar refractivity (Wildman–Crippen MR) is 52.7 cm³/mol. The van der Waals surface area contributed by atoms with Gasteiger partial charge in [-0.3, -0.25) is 0 Å². The number of hydrogen-bond donors (Lipinski definition) is 1. The van der Waals surface area contributed by atoms with Crippen molar-refractivity contribution in [1.29, 1.82) is 0 Å². The maximum absolute atomic E-state index is 11.7. The number of hydrogen-bond acceptors (Lipinski definition) is 2. The number of nitrogens with zero attached hydrogens (tertiary/aromatic N) is 2. The Balaban J connectivity index is 2.52. The lowest BCUT2D eigenvalue weighted by atomic mass is 10.2. The minimum Gasteiger partial charge on any atom is -0.331 e. The van der Waals surface area contributed by atoms with E-state index >= 15 is 0 Å². The van der Waals surface area contributed by atoms with Gasteiger partial charge in [-0.25, -0.2) is 4.79 Å². The molecule has 1 aliphatic rings. The highest BCUT2D eigenvalue weighted by atomic mass is 16.2. The van der Waals surface area contributed by atoms with E-state index in [1.165, 1.54) is 0 Å². The van der Waals surface area contributed by atoms with Crippen LogP contribution >= 0.6 is 0 Å². The Morgan fingerprint density at radius 2 is 2.31 bits per heavy atom. The van der Waals surface area contributed by atoms with Crippen molar-refractivity contribution < 1.29 is 4.79 Å². The highest BCUT2D eigenvalue weighted by Crippen LogP contribution is 2.17. The van der Waals surface area contributed by atoms with Crippen LogP contribution in [-0.2, 0) is 0 Å². The van der Waals surface area contributed by atoms with E-state index in [1.807, 2.05) is 11.9 Å². The Labute approximate surface area is 79.9 Å². The molecular formula is C9H19N3O. The van der Waals surface area contributed by atoms with Crippen molar-refractivity contribution in [3.8, 4) is 0 Å². The van der Waals surface area contributed by atoms with Gasteiger partial charge in [0.25, 0.3) is 0 Å². The first-order valence-corrected chi connectivity index (χ1v) is 4.79. The average molecular weight is 185 g/mol. The topological polar surface area (TPSA) is 35.6 Å². The highest BCUT2D eigenvalue weighted by molar-refractivity contribution is 5.74. The molecule has 76 valence electrons. The number of likely N-dealkylation sites (N-methyl/N-ethyl adjacent to an activating group) is 1. The average Bonchev–Trinajstić information content (AvgIpc) is 2.52.